The van der Waals surface area contributed by atoms with Gasteiger partial charge in [-0.15, -0.1) is 0 Å². The molecule has 0 saturated carbocycles. The highest BCUT2D eigenvalue weighted by Crippen LogP contribution is 2.38. The highest BCUT2D eigenvalue weighted by molar-refractivity contribution is 6.10. The molecule has 2 nitrogen and oxygen atoms in total. The number of rotatable bonds is 7. The standard InChI is InChI=1S/C49H36N2/c1-3-13-42-44-32-38(24-30-48(44)50(46(42)4-2)40-26-20-36(21-27-40)34-14-7-5-8-15-34)39-25-31-49-45(33-39)43-18-11-12-19-47(43)51(49)41-28-22-37(23-29-41)35-16-9-6-10-17-35/h3-33H,2H2,1H3/b13-3-. The number of para-hydroxylation sites is 1. The molecule has 0 spiro atoms. The normalized spacial score (nSPS) is 11.6. The fraction of sp³-hybridized carbons (Fsp3) is 0.0204. The lowest BCUT2D eigenvalue weighted by molar-refractivity contribution is 1.11. The molecule has 0 bridgehead atoms. The Balaban J connectivity index is 1.15. The maximum absolute atomic E-state index is 4.25. The van der Waals surface area contributed by atoms with Crippen molar-refractivity contribution >= 4 is 44.9 Å². The van der Waals surface area contributed by atoms with E-state index in [1.165, 1.54) is 66.1 Å². The van der Waals surface area contributed by atoms with Crippen molar-refractivity contribution in [3.05, 3.63) is 194 Å². The Bertz CT molecular complexity index is 2720. The van der Waals surface area contributed by atoms with Gasteiger partial charge < -0.3 is 9.13 Å². The summed E-state index contributed by atoms with van der Waals surface area (Å²) in [6.45, 7) is 6.33. The van der Waals surface area contributed by atoms with E-state index in [1.807, 2.05) is 6.08 Å². The van der Waals surface area contributed by atoms with Crippen molar-refractivity contribution in [2.24, 2.45) is 0 Å². The average Bonchev–Trinajstić information content (AvgIpc) is 3.70. The van der Waals surface area contributed by atoms with Crippen LogP contribution < -0.4 is 0 Å². The molecule has 0 amide bonds. The summed E-state index contributed by atoms with van der Waals surface area (Å²) in [6, 6.07) is 61.3. The van der Waals surface area contributed by atoms with Gasteiger partial charge in [-0.05, 0) is 101 Å². The van der Waals surface area contributed by atoms with Crippen molar-refractivity contribution in [3.63, 3.8) is 0 Å². The van der Waals surface area contributed by atoms with Gasteiger partial charge in [0.25, 0.3) is 0 Å². The Morgan fingerprint density at radius 3 is 1.43 bits per heavy atom. The van der Waals surface area contributed by atoms with E-state index in [9.17, 15) is 0 Å². The second-order valence-corrected chi connectivity index (χ2v) is 13.0. The van der Waals surface area contributed by atoms with Crippen molar-refractivity contribution < 1.29 is 0 Å². The molecule has 2 aromatic heterocycles. The summed E-state index contributed by atoms with van der Waals surface area (Å²) in [7, 11) is 0. The second-order valence-electron chi connectivity index (χ2n) is 13.0. The van der Waals surface area contributed by atoms with E-state index in [2.05, 4.69) is 205 Å². The fourth-order valence-electron chi connectivity index (χ4n) is 7.63. The van der Waals surface area contributed by atoms with E-state index in [-0.39, 0.29) is 0 Å². The smallest absolute Gasteiger partial charge is 0.0541 e. The fourth-order valence-corrected chi connectivity index (χ4v) is 7.63. The molecule has 9 rings (SSSR count). The summed E-state index contributed by atoms with van der Waals surface area (Å²) in [6.07, 6.45) is 6.30. The molecule has 0 aliphatic rings. The van der Waals surface area contributed by atoms with E-state index in [1.54, 1.807) is 0 Å². The Kier molecular flexibility index (Phi) is 7.56. The van der Waals surface area contributed by atoms with Gasteiger partial charge in [-0.1, -0.05) is 134 Å². The zero-order valence-corrected chi connectivity index (χ0v) is 28.5. The lowest BCUT2D eigenvalue weighted by Gasteiger charge is -2.11. The molecule has 0 unspecified atom stereocenters. The third-order valence-electron chi connectivity index (χ3n) is 10.0. The summed E-state index contributed by atoms with van der Waals surface area (Å²) in [4.78, 5) is 0. The van der Waals surface area contributed by atoms with Gasteiger partial charge in [-0.2, -0.15) is 0 Å². The first kappa shape index (κ1) is 30.4. The van der Waals surface area contributed by atoms with Crippen LogP contribution in [0, 0.1) is 0 Å². The van der Waals surface area contributed by atoms with E-state index in [4.69, 9.17) is 0 Å². The lowest BCUT2D eigenvalue weighted by Crippen LogP contribution is -1.97. The molecule has 0 saturated heterocycles. The lowest BCUT2D eigenvalue weighted by atomic mass is 10.00. The number of aromatic nitrogens is 2. The topological polar surface area (TPSA) is 9.86 Å². The average molecular weight is 653 g/mol. The van der Waals surface area contributed by atoms with Gasteiger partial charge in [0, 0.05) is 33.1 Å². The molecule has 0 aliphatic heterocycles. The molecule has 7 aromatic carbocycles. The number of fused-ring (bicyclic) bond motifs is 4. The molecule has 0 N–H and O–H groups in total. The number of allylic oxidation sites excluding steroid dienone is 1. The molecule has 0 aliphatic carbocycles. The van der Waals surface area contributed by atoms with Crippen LogP contribution in [0.4, 0.5) is 0 Å². The van der Waals surface area contributed by atoms with Gasteiger partial charge in [0.15, 0.2) is 0 Å². The summed E-state index contributed by atoms with van der Waals surface area (Å²) >= 11 is 0. The summed E-state index contributed by atoms with van der Waals surface area (Å²) in [5, 5.41) is 3.69. The first-order valence-electron chi connectivity index (χ1n) is 17.5. The van der Waals surface area contributed by atoms with Gasteiger partial charge in [0.05, 0.1) is 22.2 Å². The highest BCUT2D eigenvalue weighted by Gasteiger charge is 2.18. The van der Waals surface area contributed by atoms with Crippen LogP contribution in [-0.4, -0.2) is 9.13 Å². The molecule has 2 heteroatoms. The molecule has 9 aromatic rings. The van der Waals surface area contributed by atoms with E-state index in [0.717, 1.165) is 22.6 Å². The van der Waals surface area contributed by atoms with Crippen LogP contribution >= 0.6 is 0 Å². The first-order valence-corrected chi connectivity index (χ1v) is 17.5. The van der Waals surface area contributed by atoms with E-state index < -0.39 is 0 Å². The van der Waals surface area contributed by atoms with Crippen LogP contribution in [0.15, 0.2) is 183 Å². The van der Waals surface area contributed by atoms with Crippen molar-refractivity contribution in [2.45, 2.75) is 6.92 Å². The Hall–Kier alpha value is -6.64. The molecule has 2 heterocycles. The maximum atomic E-state index is 4.25. The summed E-state index contributed by atoms with van der Waals surface area (Å²) in [5.41, 5.74) is 15.3. The largest absolute Gasteiger partial charge is 0.309 e. The number of hydrogen-bond acceptors (Lipinski definition) is 0. The molecule has 0 radical (unpaired) electrons. The van der Waals surface area contributed by atoms with Crippen molar-refractivity contribution in [1.29, 1.82) is 0 Å². The number of hydrogen-bond donors (Lipinski definition) is 0. The third kappa shape index (κ3) is 5.21. The van der Waals surface area contributed by atoms with Crippen molar-refractivity contribution in [1.82, 2.24) is 9.13 Å². The van der Waals surface area contributed by atoms with E-state index in [0.29, 0.717) is 0 Å². The van der Waals surface area contributed by atoms with Crippen LogP contribution in [-0.2, 0) is 0 Å². The van der Waals surface area contributed by atoms with E-state index >= 15 is 0 Å². The van der Waals surface area contributed by atoms with Crippen LogP contribution in [0.2, 0.25) is 0 Å². The van der Waals surface area contributed by atoms with Crippen LogP contribution in [0.25, 0.3) is 89.6 Å². The SMILES string of the molecule is C=Cc1c(/C=C\C)c2cc(-c3ccc4c(c3)c3ccccc3n4-c3ccc(-c4ccccc4)cc3)ccc2n1-c1ccc(-c2ccccc2)cc1. The third-order valence-corrected chi connectivity index (χ3v) is 10.0. The van der Waals surface area contributed by atoms with Gasteiger partial charge in [0.2, 0.25) is 0 Å². The zero-order valence-electron chi connectivity index (χ0n) is 28.5. The Labute approximate surface area is 298 Å². The van der Waals surface area contributed by atoms with Crippen LogP contribution in [0.3, 0.4) is 0 Å². The minimum atomic E-state index is 1.09. The first-order chi connectivity index (χ1) is 25.2. The summed E-state index contributed by atoms with van der Waals surface area (Å²) < 4.78 is 4.71. The Morgan fingerprint density at radius 2 is 0.863 bits per heavy atom. The van der Waals surface area contributed by atoms with Gasteiger partial charge in [-0.25, -0.2) is 0 Å². The number of benzene rings is 7. The minimum Gasteiger partial charge on any atom is -0.309 e. The zero-order chi connectivity index (χ0) is 34.3. The maximum Gasteiger partial charge on any atom is 0.0541 e. The van der Waals surface area contributed by atoms with Gasteiger partial charge in [-0.3, -0.25) is 0 Å². The molecular formula is C49H36N2. The monoisotopic (exact) mass is 652 g/mol. The molecular weight excluding hydrogens is 617 g/mol. The van der Waals surface area contributed by atoms with Crippen molar-refractivity contribution in [3.8, 4) is 44.8 Å². The predicted octanol–water partition coefficient (Wildman–Crippen LogP) is 13.4. The number of nitrogens with zero attached hydrogens (tertiary/aromatic N) is 2. The molecule has 0 fully saturated rings. The van der Waals surface area contributed by atoms with Crippen LogP contribution in [0.5, 0.6) is 0 Å². The van der Waals surface area contributed by atoms with Gasteiger partial charge >= 0.3 is 0 Å². The Morgan fingerprint density at radius 1 is 0.412 bits per heavy atom. The second kappa shape index (κ2) is 12.7. The quantitative estimate of drug-likeness (QED) is 0.162. The molecule has 51 heavy (non-hydrogen) atoms. The van der Waals surface area contributed by atoms with Crippen LogP contribution in [0.1, 0.15) is 18.2 Å². The molecule has 0 atom stereocenters. The van der Waals surface area contributed by atoms with Crippen molar-refractivity contribution in [2.75, 3.05) is 0 Å². The predicted molar refractivity (Wildman–Crippen MR) is 219 cm³/mol. The highest BCUT2D eigenvalue weighted by atomic mass is 15.0. The minimum absolute atomic E-state index is 1.09. The molecule has 242 valence electrons. The summed E-state index contributed by atoms with van der Waals surface area (Å²) in [5.74, 6) is 0. The van der Waals surface area contributed by atoms with Gasteiger partial charge in [0.1, 0.15) is 0 Å².